The highest BCUT2D eigenvalue weighted by Crippen LogP contribution is 2.38. The van der Waals surface area contributed by atoms with E-state index in [1.165, 1.54) is 19.3 Å². The van der Waals surface area contributed by atoms with Crippen LogP contribution in [-0.2, 0) is 4.74 Å². The van der Waals surface area contributed by atoms with Gasteiger partial charge >= 0.3 is 0 Å². The summed E-state index contributed by atoms with van der Waals surface area (Å²) in [4.78, 5) is 2.42. The molecule has 0 saturated carbocycles. The van der Waals surface area contributed by atoms with Crippen molar-refractivity contribution in [3.63, 3.8) is 0 Å². The summed E-state index contributed by atoms with van der Waals surface area (Å²) in [7, 11) is 0. The molecule has 0 unspecified atom stereocenters. The molecule has 20 heavy (non-hydrogen) atoms. The van der Waals surface area contributed by atoms with Crippen molar-refractivity contribution in [2.75, 3.05) is 13.2 Å². The summed E-state index contributed by atoms with van der Waals surface area (Å²) in [6.45, 7) is 13.6. The van der Waals surface area contributed by atoms with Gasteiger partial charge in [-0.15, -0.1) is 6.42 Å². The zero-order valence-electron chi connectivity index (χ0n) is 14.0. The van der Waals surface area contributed by atoms with Crippen molar-refractivity contribution in [1.82, 2.24) is 4.90 Å². The molecule has 0 amide bonds. The van der Waals surface area contributed by atoms with Gasteiger partial charge in [0.25, 0.3) is 0 Å². The topological polar surface area (TPSA) is 32.7 Å². The third-order valence-electron chi connectivity index (χ3n) is 4.42. The summed E-state index contributed by atoms with van der Waals surface area (Å²) in [5.74, 6) is 2.59. The molecule has 0 aromatic carbocycles. The summed E-state index contributed by atoms with van der Waals surface area (Å²) in [5.41, 5.74) is -0.386. The zero-order valence-corrected chi connectivity index (χ0v) is 14.0. The highest BCUT2D eigenvalue weighted by molar-refractivity contribution is 5.03. The Kier molecular flexibility index (Phi) is 5.29. The van der Waals surface area contributed by atoms with Gasteiger partial charge in [-0.3, -0.25) is 4.90 Å². The van der Waals surface area contributed by atoms with E-state index in [4.69, 9.17) is 11.2 Å². The standard InChI is InChI=1S/C17H31NO2/c1-8-17(6,7)20-13-14(19)12-18-15(2,3)10-9-11-16(18,4)5/h1,14,19H,9-13H2,2-7H3/t14-/m0/s1. The number of aliphatic hydroxyl groups excluding tert-OH is 1. The van der Waals surface area contributed by atoms with Crippen molar-refractivity contribution < 1.29 is 9.84 Å². The first-order valence-corrected chi connectivity index (χ1v) is 7.58. The summed E-state index contributed by atoms with van der Waals surface area (Å²) in [5, 5.41) is 10.3. The van der Waals surface area contributed by atoms with E-state index in [0.717, 1.165) is 0 Å². The lowest BCUT2D eigenvalue weighted by molar-refractivity contribution is -0.0843. The predicted molar refractivity (Wildman–Crippen MR) is 83.6 cm³/mol. The lowest BCUT2D eigenvalue weighted by atomic mass is 9.79. The zero-order chi connectivity index (χ0) is 15.6. The number of rotatable bonds is 5. The first-order valence-electron chi connectivity index (χ1n) is 7.58. The minimum atomic E-state index is -0.617. The molecule has 1 fully saturated rings. The first kappa shape index (κ1) is 17.5. The molecule has 116 valence electrons. The highest BCUT2D eigenvalue weighted by Gasteiger charge is 2.41. The molecular formula is C17H31NO2. The van der Waals surface area contributed by atoms with Gasteiger partial charge in [-0.2, -0.15) is 0 Å². The Hall–Kier alpha value is -0.560. The maximum absolute atomic E-state index is 10.3. The van der Waals surface area contributed by atoms with Crippen molar-refractivity contribution >= 4 is 0 Å². The SMILES string of the molecule is C#CC(C)(C)OC[C@@H](O)CN1C(C)(C)CCCC1(C)C. The molecule has 1 aliphatic heterocycles. The fraction of sp³-hybridized carbons (Fsp3) is 0.882. The van der Waals surface area contributed by atoms with Gasteiger partial charge in [-0.1, -0.05) is 5.92 Å². The maximum Gasteiger partial charge on any atom is 0.122 e. The second-order valence-corrected chi connectivity index (χ2v) is 7.71. The van der Waals surface area contributed by atoms with Crippen LogP contribution in [0, 0.1) is 12.3 Å². The molecule has 0 aromatic rings. The molecule has 1 saturated heterocycles. The van der Waals surface area contributed by atoms with Gasteiger partial charge in [0.2, 0.25) is 0 Å². The molecule has 1 heterocycles. The fourth-order valence-electron chi connectivity index (χ4n) is 3.15. The Morgan fingerprint density at radius 2 is 1.75 bits per heavy atom. The number of nitrogens with zero attached hydrogens (tertiary/aromatic N) is 1. The Bertz CT molecular complexity index is 350. The molecule has 0 aliphatic carbocycles. The summed E-state index contributed by atoms with van der Waals surface area (Å²) in [6.07, 6.45) is 8.46. The monoisotopic (exact) mass is 281 g/mol. The number of ether oxygens (including phenoxy) is 1. The number of likely N-dealkylation sites (tertiary alicyclic amines) is 1. The molecule has 0 aromatic heterocycles. The van der Waals surface area contributed by atoms with Crippen molar-refractivity contribution in [2.45, 2.75) is 83.6 Å². The van der Waals surface area contributed by atoms with E-state index in [9.17, 15) is 5.11 Å². The van der Waals surface area contributed by atoms with Gasteiger partial charge in [0.15, 0.2) is 0 Å². The van der Waals surface area contributed by atoms with E-state index < -0.39 is 11.7 Å². The van der Waals surface area contributed by atoms with Crippen LogP contribution in [0.3, 0.4) is 0 Å². The van der Waals surface area contributed by atoms with E-state index in [-0.39, 0.29) is 17.7 Å². The van der Waals surface area contributed by atoms with Crippen molar-refractivity contribution in [1.29, 1.82) is 0 Å². The maximum atomic E-state index is 10.3. The van der Waals surface area contributed by atoms with Crippen LogP contribution in [0.4, 0.5) is 0 Å². The number of terminal acetylenes is 1. The van der Waals surface area contributed by atoms with Crippen LogP contribution in [0.5, 0.6) is 0 Å². The van der Waals surface area contributed by atoms with Crippen LogP contribution >= 0.6 is 0 Å². The molecule has 0 radical (unpaired) electrons. The Balaban J connectivity index is 2.63. The fourth-order valence-corrected chi connectivity index (χ4v) is 3.15. The lowest BCUT2D eigenvalue weighted by Gasteiger charge is -2.53. The van der Waals surface area contributed by atoms with Crippen LogP contribution in [0.1, 0.15) is 60.8 Å². The van der Waals surface area contributed by atoms with E-state index in [2.05, 4.69) is 38.5 Å². The molecule has 0 spiro atoms. The second-order valence-electron chi connectivity index (χ2n) is 7.71. The molecule has 1 N–H and O–H groups in total. The van der Waals surface area contributed by atoms with Gasteiger partial charge in [-0.25, -0.2) is 0 Å². The van der Waals surface area contributed by atoms with Gasteiger partial charge in [-0.05, 0) is 60.8 Å². The molecule has 1 rings (SSSR count). The van der Waals surface area contributed by atoms with E-state index in [1.54, 1.807) is 0 Å². The smallest absolute Gasteiger partial charge is 0.122 e. The largest absolute Gasteiger partial charge is 0.389 e. The molecule has 1 atom stereocenters. The lowest BCUT2D eigenvalue weighted by Crippen LogP contribution is -2.60. The second kappa shape index (κ2) is 6.05. The highest BCUT2D eigenvalue weighted by atomic mass is 16.5. The Morgan fingerprint density at radius 3 is 2.20 bits per heavy atom. The van der Waals surface area contributed by atoms with Gasteiger partial charge in [0, 0.05) is 17.6 Å². The quantitative estimate of drug-likeness (QED) is 0.787. The number of piperidine rings is 1. The third-order valence-corrected chi connectivity index (χ3v) is 4.42. The number of hydrogen-bond donors (Lipinski definition) is 1. The van der Waals surface area contributed by atoms with Gasteiger partial charge in [0.05, 0.1) is 12.7 Å². The normalized spacial score (nSPS) is 24.1. The molecule has 3 nitrogen and oxygen atoms in total. The average molecular weight is 281 g/mol. The predicted octanol–water partition coefficient (Wildman–Crippen LogP) is 2.82. The van der Waals surface area contributed by atoms with Crippen LogP contribution in [0.25, 0.3) is 0 Å². The summed E-state index contributed by atoms with van der Waals surface area (Å²) < 4.78 is 5.61. The van der Waals surface area contributed by atoms with Crippen LogP contribution < -0.4 is 0 Å². The average Bonchev–Trinajstić information content (AvgIpc) is 2.31. The third kappa shape index (κ3) is 4.48. The van der Waals surface area contributed by atoms with E-state index in [0.29, 0.717) is 6.54 Å². The minimum absolute atomic E-state index is 0.115. The van der Waals surface area contributed by atoms with Gasteiger partial charge in [0.1, 0.15) is 5.60 Å². The van der Waals surface area contributed by atoms with Gasteiger partial charge < -0.3 is 9.84 Å². The molecule has 0 bridgehead atoms. The minimum Gasteiger partial charge on any atom is -0.389 e. The molecule has 1 aliphatic rings. The van der Waals surface area contributed by atoms with Crippen molar-refractivity contribution in [3.8, 4) is 12.3 Å². The summed E-state index contributed by atoms with van der Waals surface area (Å²) in [6, 6.07) is 0. The van der Waals surface area contributed by atoms with Crippen LogP contribution in [-0.4, -0.2) is 45.9 Å². The van der Waals surface area contributed by atoms with E-state index in [1.807, 2.05) is 13.8 Å². The summed E-state index contributed by atoms with van der Waals surface area (Å²) >= 11 is 0. The molecule has 3 heteroatoms. The number of hydrogen-bond acceptors (Lipinski definition) is 3. The Morgan fingerprint density at radius 1 is 1.25 bits per heavy atom. The first-order chi connectivity index (χ1) is 9.00. The van der Waals surface area contributed by atoms with Crippen molar-refractivity contribution in [2.24, 2.45) is 0 Å². The molecular weight excluding hydrogens is 250 g/mol. The number of β-amino-alcohol motifs (C(OH)–C–C–N with tert-alkyl or cyclic N) is 1. The number of aliphatic hydroxyl groups is 1. The Labute approximate surface area is 124 Å². The van der Waals surface area contributed by atoms with Crippen LogP contribution in [0.2, 0.25) is 0 Å². The van der Waals surface area contributed by atoms with Crippen molar-refractivity contribution in [3.05, 3.63) is 0 Å². The van der Waals surface area contributed by atoms with Crippen LogP contribution in [0.15, 0.2) is 0 Å². The van der Waals surface area contributed by atoms with E-state index >= 15 is 0 Å².